The quantitative estimate of drug-likeness (QED) is 0.0233. The largest absolute Gasteiger partial charge is 0.480 e. The van der Waals surface area contributed by atoms with Crippen LogP contribution in [0.5, 0.6) is 0 Å². The van der Waals surface area contributed by atoms with Crippen LogP contribution < -0.4 is 5.73 Å². The van der Waals surface area contributed by atoms with Crippen molar-refractivity contribution in [2.45, 2.75) is 180 Å². The van der Waals surface area contributed by atoms with E-state index in [1.807, 2.05) is 0 Å². The van der Waals surface area contributed by atoms with Crippen molar-refractivity contribution >= 4 is 19.8 Å². The molecular formula is C54H88NO9P. The molecule has 11 heteroatoms. The second-order valence-corrected chi connectivity index (χ2v) is 17.3. The van der Waals surface area contributed by atoms with Crippen molar-refractivity contribution in [1.29, 1.82) is 0 Å². The highest BCUT2D eigenvalue weighted by atomic mass is 31.2. The number of hydrogen-bond acceptors (Lipinski definition) is 8. The number of nitrogens with two attached hydrogens (primary N) is 1. The normalized spacial score (nSPS) is 14.8. The molecule has 0 radical (unpaired) electrons. The van der Waals surface area contributed by atoms with Gasteiger partial charge in [-0.25, -0.2) is 4.57 Å². The van der Waals surface area contributed by atoms with E-state index in [4.69, 9.17) is 29.4 Å². The zero-order valence-corrected chi connectivity index (χ0v) is 41.2. The average molecular weight is 926 g/mol. The summed E-state index contributed by atoms with van der Waals surface area (Å²) in [6.07, 6.45) is 66.8. The van der Waals surface area contributed by atoms with Crippen LogP contribution in [0.15, 0.2) is 122 Å². The van der Waals surface area contributed by atoms with Crippen LogP contribution in [-0.4, -0.2) is 60.5 Å². The minimum atomic E-state index is -4.64. The maximum absolute atomic E-state index is 12.7. The van der Waals surface area contributed by atoms with Crippen molar-refractivity contribution in [3.63, 3.8) is 0 Å². The van der Waals surface area contributed by atoms with Crippen LogP contribution in [-0.2, 0) is 32.7 Å². The predicted molar refractivity (Wildman–Crippen MR) is 272 cm³/mol. The maximum atomic E-state index is 12.7. The van der Waals surface area contributed by atoms with Crippen LogP contribution in [0.2, 0.25) is 0 Å². The Morgan fingerprint density at radius 3 is 1.26 bits per heavy atom. The summed E-state index contributed by atoms with van der Waals surface area (Å²) < 4.78 is 33.4. The van der Waals surface area contributed by atoms with Gasteiger partial charge in [0.05, 0.1) is 19.8 Å². The number of carboxylic acid groups (broad SMARTS) is 1. The van der Waals surface area contributed by atoms with E-state index in [1.54, 1.807) is 0 Å². The molecule has 0 aliphatic heterocycles. The molecule has 0 heterocycles. The molecule has 3 atom stereocenters. The third-order valence-corrected chi connectivity index (χ3v) is 10.7. The molecular weight excluding hydrogens is 838 g/mol. The number of allylic oxidation sites excluding steroid dienone is 20. The van der Waals surface area contributed by atoms with E-state index in [0.717, 1.165) is 116 Å². The molecule has 0 aromatic rings. The first-order valence-corrected chi connectivity index (χ1v) is 26.1. The van der Waals surface area contributed by atoms with Gasteiger partial charge in [-0.3, -0.25) is 18.6 Å². The Bertz CT molecular complexity index is 1490. The molecule has 0 amide bonds. The van der Waals surface area contributed by atoms with Crippen LogP contribution in [0.3, 0.4) is 0 Å². The Labute approximate surface area is 394 Å². The maximum Gasteiger partial charge on any atom is 0.472 e. The fourth-order valence-electron chi connectivity index (χ4n) is 6.01. The van der Waals surface area contributed by atoms with Crippen molar-refractivity contribution in [2.24, 2.45) is 5.73 Å². The fourth-order valence-corrected chi connectivity index (χ4v) is 6.79. The van der Waals surface area contributed by atoms with Gasteiger partial charge in [0, 0.05) is 13.0 Å². The number of hydrogen-bond donors (Lipinski definition) is 3. The molecule has 0 aliphatic rings. The molecule has 4 N–H and O–H groups in total. The first-order valence-electron chi connectivity index (χ1n) is 24.6. The molecule has 0 aromatic heterocycles. The van der Waals surface area contributed by atoms with Gasteiger partial charge in [0.15, 0.2) is 0 Å². The van der Waals surface area contributed by atoms with E-state index < -0.39 is 45.1 Å². The highest BCUT2D eigenvalue weighted by molar-refractivity contribution is 7.47. The zero-order chi connectivity index (χ0) is 47.6. The molecule has 0 saturated heterocycles. The Balaban J connectivity index is 4.29. The van der Waals surface area contributed by atoms with Gasteiger partial charge < -0.3 is 25.2 Å². The minimum Gasteiger partial charge on any atom is -0.480 e. The lowest BCUT2D eigenvalue weighted by Gasteiger charge is -2.20. The van der Waals surface area contributed by atoms with E-state index >= 15 is 0 Å². The first kappa shape index (κ1) is 61.4. The van der Waals surface area contributed by atoms with E-state index in [-0.39, 0.29) is 13.0 Å². The molecule has 10 nitrogen and oxygen atoms in total. The van der Waals surface area contributed by atoms with Crippen molar-refractivity contribution in [2.75, 3.05) is 26.4 Å². The number of unbranched alkanes of at least 4 members (excludes halogenated alkanes) is 11. The van der Waals surface area contributed by atoms with Crippen molar-refractivity contribution in [3.05, 3.63) is 122 Å². The Morgan fingerprint density at radius 1 is 0.492 bits per heavy atom. The molecule has 0 aromatic carbocycles. The lowest BCUT2D eigenvalue weighted by Crippen LogP contribution is -2.34. The van der Waals surface area contributed by atoms with Crippen LogP contribution in [0.1, 0.15) is 168 Å². The van der Waals surface area contributed by atoms with E-state index in [1.165, 1.54) is 25.7 Å². The predicted octanol–water partition coefficient (Wildman–Crippen LogP) is 14.4. The van der Waals surface area contributed by atoms with Crippen LogP contribution in [0, 0.1) is 0 Å². The van der Waals surface area contributed by atoms with Gasteiger partial charge in [-0.15, -0.1) is 0 Å². The minimum absolute atomic E-state index is 0.0103. The van der Waals surface area contributed by atoms with Gasteiger partial charge >= 0.3 is 19.8 Å². The molecule has 0 saturated carbocycles. The van der Waals surface area contributed by atoms with Gasteiger partial charge in [-0.2, -0.15) is 0 Å². The van der Waals surface area contributed by atoms with Gasteiger partial charge in [-0.05, 0) is 103 Å². The number of esters is 1. The van der Waals surface area contributed by atoms with Crippen molar-refractivity contribution in [3.8, 4) is 0 Å². The molecule has 0 spiro atoms. The lowest BCUT2D eigenvalue weighted by atomic mass is 10.1. The highest BCUT2D eigenvalue weighted by Crippen LogP contribution is 2.43. The molecule has 368 valence electrons. The van der Waals surface area contributed by atoms with Gasteiger partial charge in [-0.1, -0.05) is 180 Å². The third kappa shape index (κ3) is 48.1. The summed E-state index contributed by atoms with van der Waals surface area (Å²) in [6, 6.07) is -1.49. The van der Waals surface area contributed by atoms with E-state index in [2.05, 4.69) is 135 Å². The summed E-state index contributed by atoms with van der Waals surface area (Å²) in [6.45, 7) is 3.58. The Hall–Kier alpha value is -3.63. The lowest BCUT2D eigenvalue weighted by molar-refractivity contribution is -0.154. The zero-order valence-electron chi connectivity index (χ0n) is 40.3. The van der Waals surface area contributed by atoms with Crippen LogP contribution >= 0.6 is 7.82 Å². The molecule has 0 rings (SSSR count). The van der Waals surface area contributed by atoms with Crippen LogP contribution in [0.25, 0.3) is 0 Å². The number of rotatable bonds is 45. The molecule has 65 heavy (non-hydrogen) atoms. The molecule has 0 bridgehead atoms. The molecule has 0 aliphatic carbocycles. The van der Waals surface area contributed by atoms with E-state index in [0.29, 0.717) is 13.0 Å². The van der Waals surface area contributed by atoms with Gasteiger partial charge in [0.1, 0.15) is 12.1 Å². The number of carbonyl (C=O) groups excluding carboxylic acids is 1. The second kappa shape index (κ2) is 48.3. The van der Waals surface area contributed by atoms with Crippen LogP contribution in [0.4, 0.5) is 0 Å². The number of carboxylic acids is 1. The number of aliphatic carboxylic acids is 1. The summed E-state index contributed by atoms with van der Waals surface area (Å²) in [5.74, 6) is -1.82. The van der Waals surface area contributed by atoms with Gasteiger partial charge in [0.2, 0.25) is 0 Å². The molecule has 3 unspecified atom stereocenters. The van der Waals surface area contributed by atoms with Gasteiger partial charge in [0.25, 0.3) is 0 Å². The summed E-state index contributed by atoms with van der Waals surface area (Å²) in [4.78, 5) is 33.7. The molecule has 0 fully saturated rings. The summed E-state index contributed by atoms with van der Waals surface area (Å²) >= 11 is 0. The monoisotopic (exact) mass is 926 g/mol. The van der Waals surface area contributed by atoms with Crippen molar-refractivity contribution in [1.82, 2.24) is 0 Å². The Kier molecular flexibility index (Phi) is 45.6. The van der Waals surface area contributed by atoms with Crippen molar-refractivity contribution < 1.29 is 42.7 Å². The topological polar surface area (TPSA) is 155 Å². The number of phosphoric ester groups is 1. The number of phosphoric acid groups is 1. The summed E-state index contributed by atoms with van der Waals surface area (Å²) in [5, 5.41) is 8.93. The second-order valence-electron chi connectivity index (χ2n) is 15.8. The smallest absolute Gasteiger partial charge is 0.472 e. The SMILES string of the molecule is CC/C=C\C/C=C\C/C=C\C/C=C\C/C=C\C/C=C\CCCCCCC(=O)OC(COCCCCCCCCC/C=C\C/C=C\C/C=C\C/C=C\CC)COP(=O)(O)OCC(N)C(=O)O. The fraction of sp³-hybridized carbons (Fsp3) is 0.593. The summed E-state index contributed by atoms with van der Waals surface area (Å²) in [7, 11) is -4.64. The highest BCUT2D eigenvalue weighted by Gasteiger charge is 2.27. The number of carbonyl (C=O) groups is 2. The standard InChI is InChI=1S/C54H88NO9P/c1-3-5-7-9-11-13-15-17-19-21-23-25-26-27-28-30-32-34-36-38-40-42-44-46-53(56)64-51(49-62-65(59,60)63-50-52(55)54(57)58)48-61-47-45-43-41-39-37-35-33-31-29-24-22-20-18-16-14-12-10-8-6-4-2/h5-8,11-14,17-20,23-25,27-29,32,34,51-52H,3-4,9-10,15-16,21-22,26,30-31,33,35-50,55H2,1-2H3,(H,57,58)(H,59,60)/b7-5-,8-6-,13-11-,14-12-,19-17-,20-18-,25-23-,28-27-,29-24-,34-32-. The first-order chi connectivity index (χ1) is 31.7. The summed E-state index contributed by atoms with van der Waals surface area (Å²) in [5.41, 5.74) is 5.37. The third-order valence-electron chi connectivity index (χ3n) is 9.74. The van der Waals surface area contributed by atoms with E-state index in [9.17, 15) is 19.0 Å². The Morgan fingerprint density at radius 2 is 0.846 bits per heavy atom. The average Bonchev–Trinajstić information content (AvgIpc) is 3.29. The number of ether oxygens (including phenoxy) is 2.